The first-order valence-corrected chi connectivity index (χ1v) is 6.86. The number of nitrogens with zero attached hydrogens (tertiary/aromatic N) is 2. The molecule has 0 saturated carbocycles. The van der Waals surface area contributed by atoms with Gasteiger partial charge in [-0.05, 0) is 25.5 Å². The molecule has 1 saturated heterocycles. The van der Waals surface area contributed by atoms with Gasteiger partial charge in [-0.25, -0.2) is 14.4 Å². The van der Waals surface area contributed by atoms with Crippen molar-refractivity contribution in [3.05, 3.63) is 42.0 Å². The highest BCUT2D eigenvalue weighted by Crippen LogP contribution is 2.32. The normalized spacial score (nSPS) is 18.9. The number of hydrogen-bond acceptors (Lipinski definition) is 4. The van der Waals surface area contributed by atoms with Crippen molar-refractivity contribution in [2.24, 2.45) is 0 Å². The average molecular weight is 272 g/mol. The molecule has 5 heteroatoms. The highest BCUT2D eigenvalue weighted by atomic mass is 19.1. The monoisotopic (exact) mass is 272 g/mol. The Labute approximate surface area is 117 Å². The van der Waals surface area contributed by atoms with E-state index in [2.05, 4.69) is 15.3 Å². The van der Waals surface area contributed by atoms with E-state index in [1.54, 1.807) is 18.3 Å². The number of nitrogen functional groups attached to an aromatic ring is 1. The number of hydrogen-bond donors (Lipinski definition) is 2. The Balaban J connectivity index is 2.08. The van der Waals surface area contributed by atoms with Gasteiger partial charge in [0.15, 0.2) is 0 Å². The molecule has 3 rings (SSSR count). The van der Waals surface area contributed by atoms with Gasteiger partial charge >= 0.3 is 0 Å². The summed E-state index contributed by atoms with van der Waals surface area (Å²) in [6, 6.07) is 6.80. The molecule has 0 bridgehead atoms. The summed E-state index contributed by atoms with van der Waals surface area (Å²) < 4.78 is 14.0. The molecule has 1 aromatic carbocycles. The van der Waals surface area contributed by atoms with Crippen molar-refractivity contribution < 1.29 is 4.39 Å². The van der Waals surface area contributed by atoms with E-state index in [9.17, 15) is 4.39 Å². The third-order valence-electron chi connectivity index (χ3n) is 3.64. The van der Waals surface area contributed by atoms with Gasteiger partial charge < -0.3 is 11.1 Å². The van der Waals surface area contributed by atoms with Crippen molar-refractivity contribution in [1.82, 2.24) is 15.3 Å². The predicted octanol–water partition coefficient (Wildman–Crippen LogP) is 2.68. The Hall–Kier alpha value is -2.01. The van der Waals surface area contributed by atoms with Crippen molar-refractivity contribution in [3.8, 4) is 11.1 Å². The Morgan fingerprint density at radius 1 is 1.20 bits per heavy atom. The molecule has 0 radical (unpaired) electrons. The first-order chi connectivity index (χ1) is 9.75. The summed E-state index contributed by atoms with van der Waals surface area (Å²) in [5.74, 6) is -0.0367. The summed E-state index contributed by atoms with van der Waals surface area (Å²) in [6.45, 7) is 0.950. The molecule has 0 aliphatic carbocycles. The topological polar surface area (TPSA) is 63.8 Å². The third kappa shape index (κ3) is 2.49. The zero-order chi connectivity index (χ0) is 13.9. The van der Waals surface area contributed by atoms with E-state index in [4.69, 9.17) is 5.73 Å². The van der Waals surface area contributed by atoms with Gasteiger partial charge in [-0.15, -0.1) is 0 Å². The van der Waals surface area contributed by atoms with Gasteiger partial charge in [0.1, 0.15) is 5.82 Å². The van der Waals surface area contributed by atoms with E-state index in [-0.39, 0.29) is 17.8 Å². The lowest BCUT2D eigenvalue weighted by molar-refractivity contribution is 0.406. The van der Waals surface area contributed by atoms with Crippen LogP contribution in [0.4, 0.5) is 10.3 Å². The zero-order valence-corrected chi connectivity index (χ0v) is 11.1. The molecule has 1 atom stereocenters. The van der Waals surface area contributed by atoms with Gasteiger partial charge in [-0.2, -0.15) is 0 Å². The smallest absolute Gasteiger partial charge is 0.220 e. The summed E-state index contributed by atoms with van der Waals surface area (Å²) in [5, 5.41) is 3.42. The number of rotatable bonds is 2. The van der Waals surface area contributed by atoms with Crippen molar-refractivity contribution in [1.29, 1.82) is 0 Å². The Bertz CT molecular complexity index is 609. The lowest BCUT2D eigenvalue weighted by atomic mass is 9.95. The zero-order valence-electron chi connectivity index (χ0n) is 11.1. The molecule has 4 nitrogen and oxygen atoms in total. The van der Waals surface area contributed by atoms with Crippen molar-refractivity contribution in [2.45, 2.75) is 25.3 Å². The molecule has 1 fully saturated rings. The summed E-state index contributed by atoms with van der Waals surface area (Å²) in [4.78, 5) is 8.38. The minimum Gasteiger partial charge on any atom is -0.368 e. The van der Waals surface area contributed by atoms with Crippen LogP contribution in [-0.4, -0.2) is 16.5 Å². The van der Waals surface area contributed by atoms with Crippen LogP contribution in [0.3, 0.4) is 0 Å². The van der Waals surface area contributed by atoms with Gasteiger partial charge in [0.05, 0.1) is 11.7 Å². The van der Waals surface area contributed by atoms with E-state index < -0.39 is 0 Å². The molecule has 0 amide bonds. The van der Waals surface area contributed by atoms with Gasteiger partial charge in [-0.1, -0.05) is 24.6 Å². The maximum atomic E-state index is 14.0. The average Bonchev–Trinajstić information content (AvgIpc) is 2.49. The van der Waals surface area contributed by atoms with Gasteiger partial charge in [0.2, 0.25) is 5.95 Å². The minimum atomic E-state index is -0.266. The first-order valence-electron chi connectivity index (χ1n) is 6.86. The van der Waals surface area contributed by atoms with E-state index in [0.717, 1.165) is 37.1 Å². The van der Waals surface area contributed by atoms with Crippen molar-refractivity contribution >= 4 is 5.95 Å². The summed E-state index contributed by atoms with van der Waals surface area (Å²) in [5.41, 5.74) is 7.74. The molecule has 104 valence electrons. The van der Waals surface area contributed by atoms with Crippen LogP contribution in [0.15, 0.2) is 30.5 Å². The van der Waals surface area contributed by atoms with Crippen LogP contribution in [-0.2, 0) is 0 Å². The second kappa shape index (κ2) is 5.54. The molecule has 1 aromatic heterocycles. The van der Waals surface area contributed by atoms with E-state index in [1.165, 1.54) is 6.07 Å². The van der Waals surface area contributed by atoms with Crippen LogP contribution in [0.5, 0.6) is 0 Å². The summed E-state index contributed by atoms with van der Waals surface area (Å²) in [7, 11) is 0. The number of piperidine rings is 1. The maximum absolute atomic E-state index is 14.0. The fraction of sp³-hybridized carbons (Fsp3) is 0.333. The van der Waals surface area contributed by atoms with E-state index in [1.807, 2.05) is 6.07 Å². The molecular weight excluding hydrogens is 255 g/mol. The van der Waals surface area contributed by atoms with Gasteiger partial charge in [0, 0.05) is 17.3 Å². The summed E-state index contributed by atoms with van der Waals surface area (Å²) >= 11 is 0. The standard InChI is InChI=1S/C15H17FN4/c16-12-6-2-1-5-10(12)11-9-19-15(17)20-14(11)13-7-3-4-8-18-13/h1-2,5-6,9,13,18H,3-4,7-8H2,(H2,17,19,20)/t13-/m0/s1. The second-order valence-electron chi connectivity index (χ2n) is 5.01. The quantitative estimate of drug-likeness (QED) is 0.882. The lowest BCUT2D eigenvalue weighted by Crippen LogP contribution is -2.28. The fourth-order valence-electron chi connectivity index (χ4n) is 2.65. The first kappa shape index (κ1) is 13.0. The molecule has 1 aliphatic heterocycles. The Morgan fingerprint density at radius 3 is 2.80 bits per heavy atom. The Kier molecular flexibility index (Phi) is 3.60. The molecule has 0 spiro atoms. The van der Waals surface area contributed by atoms with Crippen molar-refractivity contribution in [2.75, 3.05) is 12.3 Å². The van der Waals surface area contributed by atoms with E-state index in [0.29, 0.717) is 5.56 Å². The van der Waals surface area contributed by atoms with Gasteiger partial charge in [0.25, 0.3) is 0 Å². The van der Waals surface area contributed by atoms with Crippen LogP contribution < -0.4 is 11.1 Å². The number of benzene rings is 1. The number of nitrogens with two attached hydrogens (primary N) is 1. The number of aromatic nitrogens is 2. The Morgan fingerprint density at radius 2 is 2.05 bits per heavy atom. The number of halogens is 1. The largest absolute Gasteiger partial charge is 0.368 e. The maximum Gasteiger partial charge on any atom is 0.220 e. The molecule has 3 N–H and O–H groups in total. The minimum absolute atomic E-state index is 0.114. The second-order valence-corrected chi connectivity index (χ2v) is 5.01. The van der Waals surface area contributed by atoms with Crippen LogP contribution >= 0.6 is 0 Å². The molecule has 1 aliphatic rings. The predicted molar refractivity (Wildman–Crippen MR) is 76.4 cm³/mol. The number of nitrogens with one attached hydrogen (secondary N) is 1. The highest BCUT2D eigenvalue weighted by molar-refractivity contribution is 5.66. The van der Waals surface area contributed by atoms with E-state index >= 15 is 0 Å². The third-order valence-corrected chi connectivity index (χ3v) is 3.64. The SMILES string of the molecule is Nc1ncc(-c2ccccc2F)c([C@@H]2CCCCN2)n1. The van der Waals surface area contributed by atoms with Crippen molar-refractivity contribution in [3.63, 3.8) is 0 Å². The van der Waals surface area contributed by atoms with Crippen LogP contribution in [0.1, 0.15) is 31.0 Å². The lowest BCUT2D eigenvalue weighted by Gasteiger charge is -2.25. The number of anilines is 1. The molecule has 2 aromatic rings. The van der Waals surface area contributed by atoms with Crippen LogP contribution in [0, 0.1) is 5.82 Å². The summed E-state index contributed by atoms with van der Waals surface area (Å²) in [6.07, 6.45) is 4.90. The highest BCUT2D eigenvalue weighted by Gasteiger charge is 2.22. The van der Waals surface area contributed by atoms with Crippen LogP contribution in [0.2, 0.25) is 0 Å². The fourth-order valence-corrected chi connectivity index (χ4v) is 2.65. The molecular formula is C15H17FN4. The van der Waals surface area contributed by atoms with Crippen LogP contribution in [0.25, 0.3) is 11.1 Å². The van der Waals surface area contributed by atoms with Gasteiger partial charge in [-0.3, -0.25) is 0 Å². The molecule has 2 heterocycles. The molecule has 0 unspecified atom stereocenters. The molecule has 20 heavy (non-hydrogen) atoms.